The number of hydrazine groups is 1. The summed E-state index contributed by atoms with van der Waals surface area (Å²) >= 11 is 0. The maximum atomic E-state index is 2.29. The predicted octanol–water partition coefficient (Wildman–Crippen LogP) is 2.21. The van der Waals surface area contributed by atoms with E-state index >= 15 is 0 Å². The van der Waals surface area contributed by atoms with Gasteiger partial charge in [-0.3, -0.25) is 0 Å². The maximum Gasteiger partial charge on any atom is 0.0567 e. The molecule has 1 aliphatic rings. The molecule has 0 amide bonds. The number of hydrogen-bond acceptors (Lipinski definition) is 2. The highest BCUT2D eigenvalue weighted by molar-refractivity contribution is 5.65. The minimum Gasteiger partial charge on any atom is -0.308 e. The average Bonchev–Trinajstić information content (AvgIpc) is 2.47. The van der Waals surface area contributed by atoms with Gasteiger partial charge in [-0.15, -0.1) is 0 Å². The molecule has 2 heteroatoms. The van der Waals surface area contributed by atoms with Crippen LogP contribution in [0.15, 0.2) is 36.4 Å². The van der Waals surface area contributed by atoms with E-state index in [9.17, 15) is 0 Å². The Bertz CT molecular complexity index is 343. The summed E-state index contributed by atoms with van der Waals surface area (Å²) in [6.07, 6.45) is 2.29. The molecule has 2 rings (SSSR count). The van der Waals surface area contributed by atoms with Gasteiger partial charge in [0.15, 0.2) is 0 Å². The van der Waals surface area contributed by atoms with Crippen molar-refractivity contribution < 1.29 is 0 Å². The number of benzene rings is 1. The fourth-order valence-electron chi connectivity index (χ4n) is 1.78. The molecule has 1 atom stereocenters. The molecule has 0 fully saturated rings. The van der Waals surface area contributed by atoms with E-state index in [1.807, 2.05) is 6.07 Å². The summed E-state index contributed by atoms with van der Waals surface area (Å²) in [6, 6.07) is 11.0. The summed E-state index contributed by atoms with van der Waals surface area (Å²) < 4.78 is 0. The predicted molar refractivity (Wildman–Crippen MR) is 59.4 cm³/mol. The third kappa shape index (κ3) is 1.42. The van der Waals surface area contributed by atoms with Gasteiger partial charge in [-0.25, -0.2) is 5.01 Å². The first kappa shape index (κ1) is 9.28. The van der Waals surface area contributed by atoms with Gasteiger partial charge in [0, 0.05) is 20.1 Å². The topological polar surface area (TPSA) is 6.48 Å². The van der Waals surface area contributed by atoms with Crippen molar-refractivity contribution >= 4 is 5.70 Å². The Kier molecular flexibility index (Phi) is 2.30. The van der Waals surface area contributed by atoms with Crippen LogP contribution in [0, 0.1) is 0 Å². The Labute approximate surface area is 85.4 Å². The van der Waals surface area contributed by atoms with E-state index in [1.54, 1.807) is 0 Å². The molecule has 1 aliphatic heterocycles. The minimum absolute atomic E-state index is 0.482. The fraction of sp³-hybridized carbons (Fsp3) is 0.333. The molecule has 0 spiro atoms. The molecular formula is C12H16N2. The van der Waals surface area contributed by atoms with Crippen molar-refractivity contribution in [2.45, 2.75) is 13.0 Å². The lowest BCUT2D eigenvalue weighted by atomic mass is 10.1. The first-order chi connectivity index (χ1) is 6.70. The van der Waals surface area contributed by atoms with Gasteiger partial charge >= 0.3 is 0 Å². The second-order valence-corrected chi connectivity index (χ2v) is 3.76. The summed E-state index contributed by atoms with van der Waals surface area (Å²) in [5, 5.41) is 4.42. The van der Waals surface area contributed by atoms with Crippen LogP contribution in [0.5, 0.6) is 0 Å². The van der Waals surface area contributed by atoms with E-state index in [-0.39, 0.29) is 0 Å². The van der Waals surface area contributed by atoms with E-state index in [4.69, 9.17) is 0 Å². The smallest absolute Gasteiger partial charge is 0.0567 e. The summed E-state index contributed by atoms with van der Waals surface area (Å²) in [7, 11) is 4.21. The van der Waals surface area contributed by atoms with Gasteiger partial charge in [0.25, 0.3) is 0 Å². The Balaban J connectivity index is 2.33. The van der Waals surface area contributed by atoms with E-state index in [0.29, 0.717) is 6.04 Å². The van der Waals surface area contributed by atoms with E-state index < -0.39 is 0 Å². The zero-order valence-electron chi connectivity index (χ0n) is 8.94. The molecular weight excluding hydrogens is 172 g/mol. The molecule has 0 aromatic heterocycles. The molecule has 1 heterocycles. The van der Waals surface area contributed by atoms with Gasteiger partial charge in [-0.05, 0) is 18.6 Å². The first-order valence-corrected chi connectivity index (χ1v) is 4.94. The lowest BCUT2D eigenvalue weighted by molar-refractivity contribution is 0.0906. The normalized spacial score (nSPS) is 22.6. The zero-order valence-corrected chi connectivity index (χ0v) is 8.94. The Morgan fingerprint density at radius 2 is 1.71 bits per heavy atom. The molecule has 0 saturated heterocycles. The number of rotatable bonds is 1. The molecule has 74 valence electrons. The van der Waals surface area contributed by atoms with Gasteiger partial charge in [0.2, 0.25) is 0 Å². The summed E-state index contributed by atoms with van der Waals surface area (Å²) in [5.74, 6) is 0. The number of likely N-dealkylation sites (N-methyl/N-ethyl adjacent to an activating group) is 1. The van der Waals surface area contributed by atoms with E-state index in [1.165, 1.54) is 11.3 Å². The Hall–Kier alpha value is -1.28. The first-order valence-electron chi connectivity index (χ1n) is 4.94. The molecule has 14 heavy (non-hydrogen) atoms. The third-order valence-corrected chi connectivity index (χ3v) is 2.88. The van der Waals surface area contributed by atoms with Crippen molar-refractivity contribution in [1.29, 1.82) is 0 Å². The monoisotopic (exact) mass is 188 g/mol. The highest BCUT2D eigenvalue weighted by atomic mass is 15.6. The Morgan fingerprint density at radius 3 is 2.21 bits per heavy atom. The van der Waals surface area contributed by atoms with Crippen LogP contribution in [0.3, 0.4) is 0 Å². The molecule has 0 aliphatic carbocycles. The van der Waals surface area contributed by atoms with Crippen LogP contribution in [-0.2, 0) is 0 Å². The SMILES string of the molecule is CC1C=C(c2ccccc2)N(C)N1C. The van der Waals surface area contributed by atoms with Crippen LogP contribution in [0.1, 0.15) is 12.5 Å². The second kappa shape index (κ2) is 3.46. The van der Waals surface area contributed by atoms with Crippen molar-refractivity contribution in [3.63, 3.8) is 0 Å². The van der Waals surface area contributed by atoms with Gasteiger partial charge < -0.3 is 5.01 Å². The number of hydrogen-bond donors (Lipinski definition) is 0. The molecule has 0 saturated carbocycles. The Morgan fingerprint density at radius 1 is 1.07 bits per heavy atom. The summed E-state index contributed by atoms with van der Waals surface area (Å²) in [6.45, 7) is 2.20. The van der Waals surface area contributed by atoms with Crippen molar-refractivity contribution in [3.05, 3.63) is 42.0 Å². The van der Waals surface area contributed by atoms with Crippen LogP contribution < -0.4 is 0 Å². The van der Waals surface area contributed by atoms with Crippen LogP contribution in [0.2, 0.25) is 0 Å². The summed E-state index contributed by atoms with van der Waals surface area (Å²) in [5.41, 5.74) is 2.58. The molecule has 1 unspecified atom stereocenters. The largest absolute Gasteiger partial charge is 0.308 e. The molecule has 0 bridgehead atoms. The van der Waals surface area contributed by atoms with Crippen LogP contribution >= 0.6 is 0 Å². The second-order valence-electron chi connectivity index (χ2n) is 3.76. The third-order valence-electron chi connectivity index (χ3n) is 2.88. The van der Waals surface area contributed by atoms with Crippen molar-refractivity contribution in [3.8, 4) is 0 Å². The van der Waals surface area contributed by atoms with Crippen molar-refractivity contribution in [1.82, 2.24) is 10.0 Å². The molecule has 0 N–H and O–H groups in total. The van der Waals surface area contributed by atoms with E-state index in [2.05, 4.69) is 61.4 Å². The van der Waals surface area contributed by atoms with Crippen molar-refractivity contribution in [2.24, 2.45) is 0 Å². The van der Waals surface area contributed by atoms with Crippen LogP contribution in [0.4, 0.5) is 0 Å². The lowest BCUT2D eigenvalue weighted by Crippen LogP contribution is -2.34. The number of nitrogens with zero attached hydrogens (tertiary/aromatic N) is 2. The highest BCUT2D eigenvalue weighted by Crippen LogP contribution is 2.26. The van der Waals surface area contributed by atoms with Crippen LogP contribution in [0.25, 0.3) is 5.70 Å². The van der Waals surface area contributed by atoms with Gasteiger partial charge in [0.1, 0.15) is 0 Å². The fourth-order valence-corrected chi connectivity index (χ4v) is 1.78. The van der Waals surface area contributed by atoms with Gasteiger partial charge in [0.05, 0.1) is 5.70 Å². The standard InChI is InChI=1S/C12H16N2/c1-10-9-12(14(3)13(10)2)11-7-5-4-6-8-11/h4-10H,1-3H3. The molecule has 1 aromatic rings. The highest BCUT2D eigenvalue weighted by Gasteiger charge is 2.23. The molecule has 0 radical (unpaired) electrons. The van der Waals surface area contributed by atoms with Gasteiger partial charge in [-0.1, -0.05) is 30.3 Å². The average molecular weight is 188 g/mol. The molecule has 1 aromatic carbocycles. The molecule has 2 nitrogen and oxygen atoms in total. The maximum absolute atomic E-state index is 2.29. The quantitative estimate of drug-likeness (QED) is 0.666. The minimum atomic E-state index is 0.482. The van der Waals surface area contributed by atoms with E-state index in [0.717, 1.165) is 0 Å². The van der Waals surface area contributed by atoms with Crippen molar-refractivity contribution in [2.75, 3.05) is 14.1 Å². The lowest BCUT2D eigenvalue weighted by Gasteiger charge is -2.27. The van der Waals surface area contributed by atoms with Crippen LogP contribution in [-0.4, -0.2) is 30.2 Å². The zero-order chi connectivity index (χ0) is 10.1. The summed E-state index contributed by atoms with van der Waals surface area (Å²) in [4.78, 5) is 0. The van der Waals surface area contributed by atoms with Gasteiger partial charge in [-0.2, -0.15) is 0 Å².